The van der Waals surface area contributed by atoms with Gasteiger partial charge in [-0.25, -0.2) is 9.97 Å². The first-order valence-electron chi connectivity index (χ1n) is 6.51. The fraction of sp³-hybridized carbons (Fsp3) is 0.333. The summed E-state index contributed by atoms with van der Waals surface area (Å²) in [4.78, 5) is 8.62. The fourth-order valence-electron chi connectivity index (χ4n) is 1.91. The van der Waals surface area contributed by atoms with Crippen molar-refractivity contribution in [1.29, 1.82) is 0 Å². The van der Waals surface area contributed by atoms with Crippen molar-refractivity contribution >= 4 is 5.82 Å². The lowest BCUT2D eigenvalue weighted by molar-refractivity contribution is -0.137. The van der Waals surface area contributed by atoms with Crippen LogP contribution < -0.4 is 5.73 Å². The minimum atomic E-state index is -4.35. The third-order valence-corrected chi connectivity index (χ3v) is 3.20. The van der Waals surface area contributed by atoms with Gasteiger partial charge in [-0.05, 0) is 19.1 Å². The van der Waals surface area contributed by atoms with Crippen LogP contribution in [0.15, 0.2) is 24.3 Å². The normalized spacial score (nSPS) is 12.0. The molecule has 0 saturated heterocycles. The Kier molecular flexibility index (Phi) is 3.89. The molecule has 112 valence electrons. The number of rotatable bonds is 2. The van der Waals surface area contributed by atoms with Crippen LogP contribution in [-0.2, 0) is 6.18 Å². The second-order valence-electron chi connectivity index (χ2n) is 5.17. The van der Waals surface area contributed by atoms with E-state index >= 15 is 0 Å². The van der Waals surface area contributed by atoms with Crippen LogP contribution >= 0.6 is 0 Å². The minimum absolute atomic E-state index is 0.0844. The zero-order valence-corrected chi connectivity index (χ0v) is 12.0. The lowest BCUT2D eigenvalue weighted by atomic mass is 10.0. The molecule has 0 atom stereocenters. The van der Waals surface area contributed by atoms with E-state index in [0.29, 0.717) is 28.5 Å². The largest absolute Gasteiger partial charge is 0.416 e. The van der Waals surface area contributed by atoms with E-state index in [2.05, 4.69) is 9.97 Å². The van der Waals surface area contributed by atoms with Crippen LogP contribution in [0.4, 0.5) is 19.0 Å². The molecule has 0 aliphatic carbocycles. The second-order valence-corrected chi connectivity index (χ2v) is 5.17. The summed E-state index contributed by atoms with van der Waals surface area (Å²) in [5, 5.41) is 0. The number of nitrogens with two attached hydrogens (primary N) is 1. The van der Waals surface area contributed by atoms with E-state index in [0.717, 1.165) is 12.1 Å². The van der Waals surface area contributed by atoms with Gasteiger partial charge in [0.25, 0.3) is 0 Å². The lowest BCUT2D eigenvalue weighted by Gasteiger charge is -2.13. The highest BCUT2D eigenvalue weighted by Gasteiger charge is 2.30. The van der Waals surface area contributed by atoms with Crippen LogP contribution in [-0.4, -0.2) is 9.97 Å². The summed E-state index contributed by atoms with van der Waals surface area (Å²) in [6.45, 7) is 5.62. The molecule has 0 spiro atoms. The van der Waals surface area contributed by atoms with Gasteiger partial charge in [-0.2, -0.15) is 13.2 Å². The first-order valence-corrected chi connectivity index (χ1v) is 6.51. The number of halogens is 3. The highest BCUT2D eigenvalue weighted by Crippen LogP contribution is 2.32. The number of aromatic nitrogens is 2. The van der Waals surface area contributed by atoms with Crippen molar-refractivity contribution in [2.24, 2.45) is 0 Å². The quantitative estimate of drug-likeness (QED) is 0.904. The maximum absolute atomic E-state index is 12.6. The first kappa shape index (κ1) is 15.3. The zero-order valence-electron chi connectivity index (χ0n) is 12.0. The predicted molar refractivity (Wildman–Crippen MR) is 75.7 cm³/mol. The molecule has 0 saturated carbocycles. The molecule has 0 unspecified atom stereocenters. The first-order chi connectivity index (χ1) is 9.70. The Hall–Kier alpha value is -2.11. The summed E-state index contributed by atoms with van der Waals surface area (Å²) in [5.41, 5.74) is 7.01. The summed E-state index contributed by atoms with van der Waals surface area (Å²) < 4.78 is 37.8. The van der Waals surface area contributed by atoms with E-state index in [1.165, 1.54) is 12.1 Å². The van der Waals surface area contributed by atoms with Crippen LogP contribution in [0, 0.1) is 6.92 Å². The molecule has 21 heavy (non-hydrogen) atoms. The van der Waals surface area contributed by atoms with Crippen molar-refractivity contribution in [1.82, 2.24) is 9.97 Å². The van der Waals surface area contributed by atoms with Crippen LogP contribution in [0.5, 0.6) is 0 Å². The van der Waals surface area contributed by atoms with E-state index in [1.54, 1.807) is 6.92 Å². The van der Waals surface area contributed by atoms with Crippen molar-refractivity contribution in [3.05, 3.63) is 41.2 Å². The van der Waals surface area contributed by atoms with E-state index in [-0.39, 0.29) is 5.92 Å². The molecule has 0 fully saturated rings. The highest BCUT2D eigenvalue weighted by molar-refractivity contribution is 5.67. The fourth-order valence-corrected chi connectivity index (χ4v) is 1.91. The maximum atomic E-state index is 12.6. The van der Waals surface area contributed by atoms with Crippen molar-refractivity contribution in [2.45, 2.75) is 32.9 Å². The van der Waals surface area contributed by atoms with Gasteiger partial charge in [0.05, 0.1) is 11.3 Å². The number of nitrogen functional groups attached to an aromatic ring is 1. The Morgan fingerprint density at radius 1 is 1.05 bits per heavy atom. The predicted octanol–water partition coefficient (Wildman–Crippen LogP) is 4.18. The maximum Gasteiger partial charge on any atom is 0.416 e. The molecular formula is C15H16F3N3. The molecular weight excluding hydrogens is 279 g/mol. The van der Waals surface area contributed by atoms with Gasteiger partial charge in [0, 0.05) is 17.0 Å². The minimum Gasteiger partial charge on any atom is -0.383 e. The number of nitrogens with zero attached hydrogens (tertiary/aromatic N) is 2. The van der Waals surface area contributed by atoms with Crippen LogP contribution in [0.3, 0.4) is 0 Å². The van der Waals surface area contributed by atoms with Gasteiger partial charge in [-0.3, -0.25) is 0 Å². The van der Waals surface area contributed by atoms with Gasteiger partial charge in [-0.15, -0.1) is 0 Å². The lowest BCUT2D eigenvalue weighted by Crippen LogP contribution is -2.07. The second kappa shape index (κ2) is 5.35. The summed E-state index contributed by atoms with van der Waals surface area (Å²) in [5.74, 6) is 1.01. The van der Waals surface area contributed by atoms with Crippen LogP contribution in [0.25, 0.3) is 11.3 Å². The van der Waals surface area contributed by atoms with Gasteiger partial charge in [0.1, 0.15) is 11.6 Å². The van der Waals surface area contributed by atoms with Crippen LogP contribution in [0.2, 0.25) is 0 Å². The standard InChI is InChI=1S/C15H16F3N3/c1-8(2)14-20-12(9(3)13(19)21-14)10-4-6-11(7-5-10)15(16,17)18/h4-8H,1-3H3,(H2,19,20,21). The molecule has 2 N–H and O–H groups in total. The smallest absolute Gasteiger partial charge is 0.383 e. The molecule has 1 heterocycles. The number of hydrogen-bond acceptors (Lipinski definition) is 3. The molecule has 6 heteroatoms. The van der Waals surface area contributed by atoms with Crippen molar-refractivity contribution < 1.29 is 13.2 Å². The van der Waals surface area contributed by atoms with Gasteiger partial charge in [-0.1, -0.05) is 26.0 Å². The van der Waals surface area contributed by atoms with Crippen molar-refractivity contribution in [3.8, 4) is 11.3 Å². The number of anilines is 1. The molecule has 1 aromatic heterocycles. The number of hydrogen-bond donors (Lipinski definition) is 1. The topological polar surface area (TPSA) is 51.8 Å². The average molecular weight is 295 g/mol. The molecule has 0 aliphatic heterocycles. The SMILES string of the molecule is Cc1c(N)nc(C(C)C)nc1-c1ccc(C(F)(F)F)cc1. The van der Waals surface area contributed by atoms with Crippen LogP contribution in [0.1, 0.15) is 36.7 Å². The van der Waals surface area contributed by atoms with Gasteiger partial charge in [0.2, 0.25) is 0 Å². The Morgan fingerprint density at radius 3 is 2.10 bits per heavy atom. The Balaban J connectivity index is 2.51. The molecule has 0 bridgehead atoms. The average Bonchev–Trinajstić information content (AvgIpc) is 2.40. The Morgan fingerprint density at radius 2 is 1.62 bits per heavy atom. The molecule has 2 aromatic rings. The van der Waals surface area contributed by atoms with Gasteiger partial charge < -0.3 is 5.73 Å². The van der Waals surface area contributed by atoms with Gasteiger partial charge >= 0.3 is 6.18 Å². The molecule has 1 aromatic carbocycles. The monoisotopic (exact) mass is 295 g/mol. The summed E-state index contributed by atoms with van der Waals surface area (Å²) in [6.07, 6.45) is -4.35. The van der Waals surface area contributed by atoms with E-state index in [1.807, 2.05) is 13.8 Å². The Labute approximate surface area is 121 Å². The summed E-state index contributed by atoms with van der Waals surface area (Å²) >= 11 is 0. The molecule has 3 nitrogen and oxygen atoms in total. The van der Waals surface area contributed by atoms with Crippen molar-refractivity contribution in [2.75, 3.05) is 5.73 Å². The summed E-state index contributed by atoms with van der Waals surface area (Å²) in [7, 11) is 0. The number of benzene rings is 1. The molecule has 2 rings (SSSR count). The molecule has 0 radical (unpaired) electrons. The van der Waals surface area contributed by atoms with E-state index < -0.39 is 11.7 Å². The zero-order chi connectivity index (χ0) is 15.8. The molecule has 0 amide bonds. The Bertz CT molecular complexity index is 646. The number of alkyl halides is 3. The third-order valence-electron chi connectivity index (χ3n) is 3.20. The molecule has 0 aliphatic rings. The van der Waals surface area contributed by atoms with Gasteiger partial charge in [0.15, 0.2) is 0 Å². The van der Waals surface area contributed by atoms with E-state index in [9.17, 15) is 13.2 Å². The van der Waals surface area contributed by atoms with E-state index in [4.69, 9.17) is 5.73 Å². The highest BCUT2D eigenvalue weighted by atomic mass is 19.4. The summed E-state index contributed by atoms with van der Waals surface area (Å²) in [6, 6.07) is 4.90. The van der Waals surface area contributed by atoms with Crippen molar-refractivity contribution in [3.63, 3.8) is 0 Å². The third kappa shape index (κ3) is 3.15.